The lowest BCUT2D eigenvalue weighted by Crippen LogP contribution is -2.38. The minimum Gasteiger partial charge on any atom is -0.508 e. The first-order valence-corrected chi connectivity index (χ1v) is 9.41. The molecule has 2 nitrogen and oxygen atoms in total. The van der Waals surface area contributed by atoms with E-state index >= 15 is 0 Å². The van der Waals surface area contributed by atoms with E-state index in [1.165, 1.54) is 16.7 Å². The van der Waals surface area contributed by atoms with E-state index in [1.54, 1.807) is 0 Å². The molecule has 0 spiro atoms. The molecule has 0 radical (unpaired) electrons. The maximum Gasteiger partial charge on any atom is 0.119 e. The van der Waals surface area contributed by atoms with E-state index < -0.39 is 0 Å². The molecule has 0 bridgehead atoms. The Morgan fingerprint density at radius 1 is 0.769 bits per heavy atom. The van der Waals surface area contributed by atoms with Gasteiger partial charge in [0.15, 0.2) is 0 Å². The third-order valence-corrected chi connectivity index (χ3v) is 5.40. The molecule has 0 saturated carbocycles. The molecule has 0 unspecified atom stereocenters. The van der Waals surface area contributed by atoms with Crippen molar-refractivity contribution < 1.29 is 5.11 Å². The summed E-state index contributed by atoms with van der Waals surface area (Å²) in [4.78, 5) is 2.59. The van der Waals surface area contributed by atoms with Crippen molar-refractivity contribution in [3.8, 4) is 5.75 Å². The van der Waals surface area contributed by atoms with Gasteiger partial charge in [-0.1, -0.05) is 72.8 Å². The molecule has 26 heavy (non-hydrogen) atoms. The second kappa shape index (κ2) is 7.76. The average Bonchev–Trinajstić information content (AvgIpc) is 2.69. The third kappa shape index (κ3) is 3.81. The first-order valence-electron chi connectivity index (χ1n) is 9.41. The maximum absolute atomic E-state index is 10.1. The molecule has 3 aromatic rings. The van der Waals surface area contributed by atoms with Gasteiger partial charge in [0.25, 0.3) is 0 Å². The minimum atomic E-state index is 0.457. The largest absolute Gasteiger partial charge is 0.508 e. The number of phenols is 1. The van der Waals surface area contributed by atoms with Crippen LogP contribution in [0.25, 0.3) is 0 Å². The summed E-state index contributed by atoms with van der Waals surface area (Å²) < 4.78 is 0. The van der Waals surface area contributed by atoms with E-state index in [1.807, 2.05) is 12.1 Å². The molecular weight excluding hydrogens is 318 g/mol. The van der Waals surface area contributed by atoms with Crippen LogP contribution in [0.2, 0.25) is 0 Å². The van der Waals surface area contributed by atoms with Gasteiger partial charge in [-0.05, 0) is 47.6 Å². The standard InChI is InChI=1S/C24H25NO/c26-24-13-7-12-21-16-22(14-15-23(21)24)25(17-19-8-3-1-4-9-19)18-20-10-5-2-6-11-20/h1-13,22,26H,14-18H2/t22-/m0/s1. The normalized spacial score (nSPS) is 16.4. The first-order chi connectivity index (χ1) is 12.8. The smallest absolute Gasteiger partial charge is 0.119 e. The molecule has 1 aliphatic rings. The van der Waals surface area contributed by atoms with Crippen LogP contribution in [-0.4, -0.2) is 16.0 Å². The second-order valence-corrected chi connectivity index (χ2v) is 7.19. The molecule has 1 aliphatic carbocycles. The predicted molar refractivity (Wildman–Crippen MR) is 106 cm³/mol. The van der Waals surface area contributed by atoms with Crippen molar-refractivity contribution in [3.63, 3.8) is 0 Å². The molecule has 0 heterocycles. The zero-order chi connectivity index (χ0) is 17.8. The highest BCUT2D eigenvalue weighted by atomic mass is 16.3. The van der Waals surface area contributed by atoms with Gasteiger partial charge in [0, 0.05) is 19.1 Å². The summed E-state index contributed by atoms with van der Waals surface area (Å²) in [6, 6.07) is 27.9. The average molecular weight is 343 g/mol. The minimum absolute atomic E-state index is 0.457. The van der Waals surface area contributed by atoms with E-state index in [4.69, 9.17) is 0 Å². The molecule has 1 atom stereocenters. The SMILES string of the molecule is Oc1cccc2c1CC[C@H](N(Cc1ccccc1)Cc1ccccc1)C2. The summed E-state index contributed by atoms with van der Waals surface area (Å²) in [5.74, 6) is 0.457. The van der Waals surface area contributed by atoms with Crippen molar-refractivity contribution in [2.24, 2.45) is 0 Å². The fourth-order valence-corrected chi connectivity index (χ4v) is 4.03. The molecule has 0 saturated heterocycles. The van der Waals surface area contributed by atoms with Crippen LogP contribution < -0.4 is 0 Å². The zero-order valence-electron chi connectivity index (χ0n) is 15.0. The Morgan fingerprint density at radius 2 is 1.38 bits per heavy atom. The summed E-state index contributed by atoms with van der Waals surface area (Å²) in [6.45, 7) is 1.91. The summed E-state index contributed by atoms with van der Waals surface area (Å²) in [7, 11) is 0. The van der Waals surface area contributed by atoms with Crippen LogP contribution in [0.1, 0.15) is 28.7 Å². The van der Waals surface area contributed by atoms with Gasteiger partial charge < -0.3 is 5.11 Å². The van der Waals surface area contributed by atoms with E-state index in [-0.39, 0.29) is 0 Å². The van der Waals surface area contributed by atoms with Crippen LogP contribution in [0.15, 0.2) is 78.9 Å². The fraction of sp³-hybridized carbons (Fsp3) is 0.250. The van der Waals surface area contributed by atoms with Crippen molar-refractivity contribution in [1.82, 2.24) is 4.90 Å². The number of hydrogen-bond donors (Lipinski definition) is 1. The molecule has 1 N–H and O–H groups in total. The lowest BCUT2D eigenvalue weighted by atomic mass is 9.86. The van der Waals surface area contributed by atoms with Gasteiger partial charge in [-0.2, -0.15) is 0 Å². The van der Waals surface area contributed by atoms with Gasteiger partial charge in [-0.25, -0.2) is 0 Å². The Kier molecular flexibility index (Phi) is 5.03. The van der Waals surface area contributed by atoms with Crippen LogP contribution >= 0.6 is 0 Å². The maximum atomic E-state index is 10.1. The van der Waals surface area contributed by atoms with Crippen molar-refractivity contribution in [2.45, 2.75) is 38.4 Å². The number of aromatic hydroxyl groups is 1. The van der Waals surface area contributed by atoms with Crippen LogP contribution in [0.3, 0.4) is 0 Å². The first kappa shape index (κ1) is 16.9. The van der Waals surface area contributed by atoms with E-state index in [9.17, 15) is 5.11 Å². The highest BCUT2D eigenvalue weighted by Crippen LogP contribution is 2.31. The molecule has 3 aromatic carbocycles. The van der Waals surface area contributed by atoms with E-state index in [2.05, 4.69) is 71.6 Å². The van der Waals surface area contributed by atoms with E-state index in [0.29, 0.717) is 11.8 Å². The lowest BCUT2D eigenvalue weighted by molar-refractivity contribution is 0.162. The quantitative estimate of drug-likeness (QED) is 0.708. The van der Waals surface area contributed by atoms with Crippen molar-refractivity contribution >= 4 is 0 Å². The third-order valence-electron chi connectivity index (χ3n) is 5.40. The number of nitrogens with zero attached hydrogens (tertiary/aromatic N) is 1. The summed E-state index contributed by atoms with van der Waals surface area (Å²) in [5.41, 5.74) is 5.14. The van der Waals surface area contributed by atoms with Gasteiger partial charge in [-0.15, -0.1) is 0 Å². The second-order valence-electron chi connectivity index (χ2n) is 7.19. The summed E-state index contributed by atoms with van der Waals surface area (Å²) in [6.07, 6.45) is 3.04. The van der Waals surface area contributed by atoms with Gasteiger partial charge in [-0.3, -0.25) is 4.90 Å². The van der Waals surface area contributed by atoms with Crippen LogP contribution in [0.5, 0.6) is 5.75 Å². The lowest BCUT2D eigenvalue weighted by Gasteiger charge is -2.35. The summed E-state index contributed by atoms with van der Waals surface area (Å²) >= 11 is 0. The number of benzene rings is 3. The number of fused-ring (bicyclic) bond motifs is 1. The van der Waals surface area contributed by atoms with Crippen LogP contribution in [0.4, 0.5) is 0 Å². The molecule has 0 aliphatic heterocycles. The number of phenolic OH excluding ortho intramolecular Hbond substituents is 1. The van der Waals surface area contributed by atoms with Crippen molar-refractivity contribution in [3.05, 3.63) is 101 Å². The highest BCUT2D eigenvalue weighted by Gasteiger charge is 2.26. The zero-order valence-corrected chi connectivity index (χ0v) is 15.0. The number of rotatable bonds is 5. The summed E-state index contributed by atoms with van der Waals surface area (Å²) in [5, 5.41) is 10.1. The fourth-order valence-electron chi connectivity index (χ4n) is 4.03. The Morgan fingerprint density at radius 3 is 2.00 bits per heavy atom. The van der Waals surface area contributed by atoms with Gasteiger partial charge in [0.1, 0.15) is 5.75 Å². The van der Waals surface area contributed by atoms with E-state index in [0.717, 1.165) is 37.9 Å². The topological polar surface area (TPSA) is 23.5 Å². The van der Waals surface area contributed by atoms with Crippen LogP contribution in [0, 0.1) is 0 Å². The Hall–Kier alpha value is -2.58. The molecule has 132 valence electrons. The predicted octanol–water partition coefficient (Wildman–Crippen LogP) is 4.95. The highest BCUT2D eigenvalue weighted by molar-refractivity contribution is 5.41. The van der Waals surface area contributed by atoms with Gasteiger partial charge in [0.05, 0.1) is 0 Å². The molecule has 0 aromatic heterocycles. The molecule has 4 rings (SSSR count). The molecule has 2 heteroatoms. The monoisotopic (exact) mass is 343 g/mol. The Labute approximate surface area is 155 Å². The van der Waals surface area contributed by atoms with Crippen LogP contribution in [-0.2, 0) is 25.9 Å². The van der Waals surface area contributed by atoms with Gasteiger partial charge >= 0.3 is 0 Å². The van der Waals surface area contributed by atoms with Crippen molar-refractivity contribution in [1.29, 1.82) is 0 Å². The molecule has 0 amide bonds. The Balaban J connectivity index is 1.58. The number of hydrogen-bond acceptors (Lipinski definition) is 2. The molecular formula is C24H25NO. The Bertz CT molecular complexity index is 803. The molecule has 0 fully saturated rings. The van der Waals surface area contributed by atoms with Crippen molar-refractivity contribution in [2.75, 3.05) is 0 Å². The van der Waals surface area contributed by atoms with Gasteiger partial charge in [0.2, 0.25) is 0 Å².